The fourth-order valence-corrected chi connectivity index (χ4v) is 1.40. The maximum atomic E-state index is 8.76. The Morgan fingerprint density at radius 1 is 1.58 bits per heavy atom. The van der Waals surface area contributed by atoms with Gasteiger partial charge in [-0.3, -0.25) is 0 Å². The number of aliphatic hydroxyl groups is 1. The van der Waals surface area contributed by atoms with Gasteiger partial charge in [-0.05, 0) is 18.9 Å². The molecule has 0 spiro atoms. The normalized spacial score (nSPS) is 20.5. The minimum absolute atomic E-state index is 0.323. The number of rotatable bonds is 6. The Kier molecular flexibility index (Phi) is 4.58. The van der Waals surface area contributed by atoms with Crippen LogP contribution in [0.3, 0.4) is 0 Å². The van der Waals surface area contributed by atoms with E-state index in [1.54, 1.807) is 0 Å². The Hall–Kier alpha value is -0.120. The maximum Gasteiger partial charge on any atom is 0.0434 e. The van der Waals surface area contributed by atoms with Crippen molar-refractivity contribution in [2.75, 3.05) is 26.2 Å². The molecule has 0 bridgehead atoms. The molecule has 72 valence electrons. The summed E-state index contributed by atoms with van der Waals surface area (Å²) < 4.78 is 0. The molecule has 0 aromatic heterocycles. The van der Waals surface area contributed by atoms with Gasteiger partial charge in [-0.1, -0.05) is 13.3 Å². The summed E-state index contributed by atoms with van der Waals surface area (Å²) in [5.41, 5.74) is 0. The van der Waals surface area contributed by atoms with Crippen LogP contribution in [0.2, 0.25) is 0 Å². The summed E-state index contributed by atoms with van der Waals surface area (Å²) in [5.74, 6) is 0.649. The standard InChI is InChI=1S/C9H20N2O/c1-2-8(3-4-12)5-11-9-6-10-7-9/h8-12H,2-7H2,1H3. The third kappa shape index (κ3) is 3.09. The van der Waals surface area contributed by atoms with Gasteiger partial charge in [0.05, 0.1) is 0 Å². The molecule has 12 heavy (non-hydrogen) atoms. The second kappa shape index (κ2) is 5.51. The molecule has 0 aromatic carbocycles. The van der Waals surface area contributed by atoms with Crippen LogP contribution in [0.1, 0.15) is 19.8 Å². The topological polar surface area (TPSA) is 44.3 Å². The summed E-state index contributed by atoms with van der Waals surface area (Å²) in [5, 5.41) is 15.5. The summed E-state index contributed by atoms with van der Waals surface area (Å²) in [4.78, 5) is 0. The lowest BCUT2D eigenvalue weighted by atomic mass is 10.0. The van der Waals surface area contributed by atoms with Crippen molar-refractivity contribution in [1.29, 1.82) is 0 Å². The lowest BCUT2D eigenvalue weighted by Gasteiger charge is -2.29. The quantitative estimate of drug-likeness (QED) is 0.526. The Balaban J connectivity index is 2.01. The summed E-state index contributed by atoms with van der Waals surface area (Å²) in [6, 6.07) is 0.678. The Labute approximate surface area is 74.5 Å². The van der Waals surface area contributed by atoms with Gasteiger partial charge in [0.1, 0.15) is 0 Å². The van der Waals surface area contributed by atoms with E-state index in [0.717, 1.165) is 32.5 Å². The van der Waals surface area contributed by atoms with Crippen LogP contribution in [-0.2, 0) is 0 Å². The van der Waals surface area contributed by atoms with Crippen molar-refractivity contribution < 1.29 is 5.11 Å². The van der Waals surface area contributed by atoms with Gasteiger partial charge < -0.3 is 15.7 Å². The number of hydrogen-bond acceptors (Lipinski definition) is 3. The fourth-order valence-electron chi connectivity index (χ4n) is 1.40. The van der Waals surface area contributed by atoms with Gasteiger partial charge in [-0.2, -0.15) is 0 Å². The van der Waals surface area contributed by atoms with Crippen LogP contribution in [-0.4, -0.2) is 37.4 Å². The molecule has 0 aliphatic carbocycles. The smallest absolute Gasteiger partial charge is 0.0434 e. The first kappa shape index (κ1) is 9.96. The van der Waals surface area contributed by atoms with Gasteiger partial charge in [0.25, 0.3) is 0 Å². The largest absolute Gasteiger partial charge is 0.396 e. The summed E-state index contributed by atoms with van der Waals surface area (Å²) in [6.45, 7) is 5.78. The molecule has 1 saturated heterocycles. The first-order valence-electron chi connectivity index (χ1n) is 4.91. The van der Waals surface area contributed by atoms with E-state index in [1.807, 2.05) is 0 Å². The molecule has 0 radical (unpaired) electrons. The molecule has 1 unspecified atom stereocenters. The molecule has 3 heteroatoms. The van der Waals surface area contributed by atoms with Crippen molar-refractivity contribution in [3.8, 4) is 0 Å². The highest BCUT2D eigenvalue weighted by molar-refractivity contribution is 4.82. The zero-order valence-electron chi connectivity index (χ0n) is 7.84. The molecule has 0 aromatic rings. The predicted molar refractivity (Wildman–Crippen MR) is 50.1 cm³/mol. The highest BCUT2D eigenvalue weighted by atomic mass is 16.3. The molecular formula is C9H20N2O. The van der Waals surface area contributed by atoms with Crippen molar-refractivity contribution in [2.24, 2.45) is 5.92 Å². The minimum Gasteiger partial charge on any atom is -0.396 e. The molecule has 1 atom stereocenters. The van der Waals surface area contributed by atoms with Gasteiger partial charge in [0.2, 0.25) is 0 Å². The van der Waals surface area contributed by atoms with Crippen LogP contribution in [0.4, 0.5) is 0 Å². The summed E-state index contributed by atoms with van der Waals surface area (Å²) >= 11 is 0. The highest BCUT2D eigenvalue weighted by Crippen LogP contribution is 2.06. The minimum atomic E-state index is 0.323. The van der Waals surface area contributed by atoms with Crippen LogP contribution in [0.5, 0.6) is 0 Å². The summed E-state index contributed by atoms with van der Waals surface area (Å²) in [6.07, 6.45) is 2.09. The Bertz CT molecular complexity index is 115. The van der Waals surface area contributed by atoms with Crippen molar-refractivity contribution in [1.82, 2.24) is 10.6 Å². The zero-order valence-corrected chi connectivity index (χ0v) is 7.84. The van der Waals surface area contributed by atoms with E-state index in [-0.39, 0.29) is 0 Å². The molecule has 0 saturated carbocycles. The van der Waals surface area contributed by atoms with Crippen LogP contribution < -0.4 is 10.6 Å². The molecule has 3 nitrogen and oxygen atoms in total. The van der Waals surface area contributed by atoms with Gasteiger partial charge in [-0.25, -0.2) is 0 Å². The first-order chi connectivity index (χ1) is 5.86. The second-order valence-corrected chi connectivity index (χ2v) is 3.55. The van der Waals surface area contributed by atoms with Gasteiger partial charge in [0.15, 0.2) is 0 Å². The number of aliphatic hydroxyl groups excluding tert-OH is 1. The first-order valence-corrected chi connectivity index (χ1v) is 4.91. The number of nitrogens with one attached hydrogen (secondary N) is 2. The third-order valence-electron chi connectivity index (χ3n) is 2.59. The fraction of sp³-hybridized carbons (Fsp3) is 1.00. The van der Waals surface area contributed by atoms with Crippen LogP contribution in [0.15, 0.2) is 0 Å². The highest BCUT2D eigenvalue weighted by Gasteiger charge is 2.16. The lowest BCUT2D eigenvalue weighted by Crippen LogP contribution is -2.56. The second-order valence-electron chi connectivity index (χ2n) is 3.55. The molecular weight excluding hydrogens is 152 g/mol. The average Bonchev–Trinajstić information content (AvgIpc) is 2.00. The molecule has 1 rings (SSSR count). The lowest BCUT2D eigenvalue weighted by molar-refractivity contribution is 0.242. The van der Waals surface area contributed by atoms with Crippen molar-refractivity contribution in [3.05, 3.63) is 0 Å². The monoisotopic (exact) mass is 172 g/mol. The van der Waals surface area contributed by atoms with E-state index in [4.69, 9.17) is 5.11 Å². The van der Waals surface area contributed by atoms with E-state index in [2.05, 4.69) is 17.6 Å². The zero-order chi connectivity index (χ0) is 8.81. The molecule has 1 heterocycles. The van der Waals surface area contributed by atoms with Crippen LogP contribution in [0.25, 0.3) is 0 Å². The van der Waals surface area contributed by atoms with Gasteiger partial charge in [-0.15, -0.1) is 0 Å². The SMILES string of the molecule is CCC(CCO)CNC1CNC1. The molecule has 0 amide bonds. The molecule has 1 aliphatic rings. The molecule has 1 aliphatic heterocycles. The molecule has 1 fully saturated rings. The van der Waals surface area contributed by atoms with E-state index >= 15 is 0 Å². The third-order valence-corrected chi connectivity index (χ3v) is 2.59. The summed E-state index contributed by atoms with van der Waals surface area (Å²) in [7, 11) is 0. The van der Waals surface area contributed by atoms with Crippen molar-refractivity contribution in [2.45, 2.75) is 25.8 Å². The van der Waals surface area contributed by atoms with Crippen LogP contribution in [0, 0.1) is 5.92 Å². The Morgan fingerprint density at radius 3 is 2.75 bits per heavy atom. The van der Waals surface area contributed by atoms with Crippen molar-refractivity contribution >= 4 is 0 Å². The maximum absolute atomic E-state index is 8.76. The predicted octanol–water partition coefficient (Wildman–Crippen LogP) is -0.0436. The van der Waals surface area contributed by atoms with E-state index < -0.39 is 0 Å². The molecule has 3 N–H and O–H groups in total. The van der Waals surface area contributed by atoms with Gasteiger partial charge >= 0.3 is 0 Å². The van der Waals surface area contributed by atoms with Crippen molar-refractivity contribution in [3.63, 3.8) is 0 Å². The van der Waals surface area contributed by atoms with E-state index in [0.29, 0.717) is 18.6 Å². The van der Waals surface area contributed by atoms with E-state index in [9.17, 15) is 0 Å². The Morgan fingerprint density at radius 2 is 2.33 bits per heavy atom. The van der Waals surface area contributed by atoms with Crippen LogP contribution >= 0.6 is 0 Å². The van der Waals surface area contributed by atoms with E-state index in [1.165, 1.54) is 0 Å². The average molecular weight is 172 g/mol. The van der Waals surface area contributed by atoms with Gasteiger partial charge in [0, 0.05) is 25.7 Å². The number of hydrogen-bond donors (Lipinski definition) is 3.